The largest absolute Gasteiger partial charge is 0.320 e. The predicted octanol–water partition coefficient (Wildman–Crippen LogP) is 0.894. The minimum atomic E-state index is -3.38. The molecule has 0 bridgehead atoms. The maximum absolute atomic E-state index is 12.7. The van der Waals surface area contributed by atoms with Crippen LogP contribution in [0, 0.1) is 13.8 Å². The van der Waals surface area contributed by atoms with Crippen LogP contribution in [0.5, 0.6) is 0 Å². The van der Waals surface area contributed by atoms with Gasteiger partial charge in [-0.2, -0.15) is 9.40 Å². The van der Waals surface area contributed by atoms with Gasteiger partial charge in [0.25, 0.3) is 0 Å². The zero-order valence-electron chi connectivity index (χ0n) is 12.5. The van der Waals surface area contributed by atoms with E-state index in [1.54, 1.807) is 11.2 Å². The maximum atomic E-state index is 12.7. The summed E-state index contributed by atoms with van der Waals surface area (Å²) in [7, 11) is -1.47. The molecule has 0 amide bonds. The van der Waals surface area contributed by atoms with E-state index in [2.05, 4.69) is 10.4 Å². The Labute approximate surface area is 121 Å². The summed E-state index contributed by atoms with van der Waals surface area (Å²) in [6, 6.07) is 0. The lowest BCUT2D eigenvalue weighted by atomic mass is 10.4. The quantitative estimate of drug-likeness (QED) is 0.793. The predicted molar refractivity (Wildman–Crippen MR) is 78.2 cm³/mol. The van der Waals surface area contributed by atoms with Crippen molar-refractivity contribution in [1.29, 1.82) is 0 Å². The summed E-state index contributed by atoms with van der Waals surface area (Å²) in [6.45, 7) is 6.53. The van der Waals surface area contributed by atoms with Crippen molar-refractivity contribution in [3.8, 4) is 0 Å². The van der Waals surface area contributed by atoms with Crippen LogP contribution in [0.3, 0.4) is 0 Å². The molecule has 0 radical (unpaired) electrons. The molecule has 114 valence electrons. The molecule has 2 heterocycles. The van der Waals surface area contributed by atoms with Crippen molar-refractivity contribution in [2.45, 2.75) is 44.6 Å². The summed E-state index contributed by atoms with van der Waals surface area (Å²) >= 11 is 0. The highest BCUT2D eigenvalue weighted by atomic mass is 32.2. The molecule has 0 aliphatic carbocycles. The van der Waals surface area contributed by atoms with Gasteiger partial charge in [-0.3, -0.25) is 4.68 Å². The molecule has 1 aromatic heterocycles. The fourth-order valence-electron chi connectivity index (χ4n) is 2.73. The number of sulfonamides is 1. The summed E-state index contributed by atoms with van der Waals surface area (Å²) in [6.07, 6.45) is 2.84. The van der Waals surface area contributed by atoms with E-state index in [1.165, 1.54) is 0 Å². The van der Waals surface area contributed by atoms with E-state index >= 15 is 0 Å². The molecule has 0 saturated carbocycles. The second-order valence-corrected chi connectivity index (χ2v) is 7.17. The zero-order chi connectivity index (χ0) is 14.8. The van der Waals surface area contributed by atoms with Crippen LogP contribution in [-0.2, 0) is 16.6 Å². The topological polar surface area (TPSA) is 67.2 Å². The van der Waals surface area contributed by atoms with Gasteiger partial charge >= 0.3 is 0 Å². The number of aryl methyl sites for hydroxylation is 2. The molecule has 20 heavy (non-hydrogen) atoms. The van der Waals surface area contributed by atoms with Gasteiger partial charge in [-0.15, -0.1) is 0 Å². The van der Waals surface area contributed by atoms with Gasteiger partial charge in [0.2, 0.25) is 10.0 Å². The van der Waals surface area contributed by atoms with E-state index in [-0.39, 0.29) is 0 Å². The third-order valence-corrected chi connectivity index (χ3v) is 5.93. The van der Waals surface area contributed by atoms with Crippen LogP contribution >= 0.6 is 0 Å². The number of nitrogens with zero attached hydrogens (tertiary/aromatic N) is 3. The average molecular weight is 300 g/mol. The first-order valence-electron chi connectivity index (χ1n) is 7.17. The van der Waals surface area contributed by atoms with Gasteiger partial charge in [-0.1, -0.05) is 0 Å². The number of nitrogens with one attached hydrogen (secondary N) is 1. The molecule has 1 aliphatic heterocycles. The smallest absolute Gasteiger partial charge is 0.246 e. The summed E-state index contributed by atoms with van der Waals surface area (Å²) < 4.78 is 28.8. The van der Waals surface area contributed by atoms with Crippen LogP contribution in [0.4, 0.5) is 0 Å². The second-order valence-electron chi connectivity index (χ2n) is 5.29. The van der Waals surface area contributed by atoms with Crippen LogP contribution < -0.4 is 5.32 Å². The van der Waals surface area contributed by atoms with Crippen LogP contribution in [0.2, 0.25) is 0 Å². The highest BCUT2D eigenvalue weighted by molar-refractivity contribution is 7.89. The standard InChI is InChI=1S/C13H24N4O2S/c1-11-13(20(18,19)16-8-4-5-9-16)12(2)17(15-11)10-6-7-14-3/h14H,4-10H2,1-3H3. The lowest BCUT2D eigenvalue weighted by Gasteiger charge is -2.15. The Kier molecular flexibility index (Phi) is 4.82. The molecule has 1 saturated heterocycles. The van der Waals surface area contributed by atoms with E-state index in [1.807, 2.05) is 18.7 Å². The van der Waals surface area contributed by atoms with E-state index in [0.29, 0.717) is 23.7 Å². The maximum Gasteiger partial charge on any atom is 0.246 e. The van der Waals surface area contributed by atoms with Gasteiger partial charge in [0.15, 0.2) is 0 Å². The summed E-state index contributed by atoms with van der Waals surface area (Å²) in [5.41, 5.74) is 1.37. The number of hydrogen-bond acceptors (Lipinski definition) is 4. The Bertz CT molecular complexity index is 559. The van der Waals surface area contributed by atoms with E-state index in [0.717, 1.165) is 38.0 Å². The van der Waals surface area contributed by atoms with Gasteiger partial charge in [0.1, 0.15) is 4.90 Å². The summed E-state index contributed by atoms with van der Waals surface area (Å²) in [5.74, 6) is 0. The molecule has 1 aliphatic rings. The molecule has 0 unspecified atom stereocenters. The Balaban J connectivity index is 2.27. The van der Waals surface area contributed by atoms with Crippen LogP contribution in [-0.4, -0.2) is 49.2 Å². The monoisotopic (exact) mass is 300 g/mol. The number of rotatable bonds is 6. The van der Waals surface area contributed by atoms with Crippen molar-refractivity contribution in [2.75, 3.05) is 26.7 Å². The first kappa shape index (κ1) is 15.5. The fraction of sp³-hybridized carbons (Fsp3) is 0.769. The molecule has 0 spiro atoms. The van der Waals surface area contributed by atoms with Crippen LogP contribution in [0.25, 0.3) is 0 Å². The van der Waals surface area contributed by atoms with Gasteiger partial charge in [-0.05, 0) is 46.7 Å². The lowest BCUT2D eigenvalue weighted by molar-refractivity contribution is 0.476. The molecule has 6 nitrogen and oxygen atoms in total. The summed E-state index contributed by atoms with van der Waals surface area (Å²) in [4.78, 5) is 0.406. The first-order chi connectivity index (χ1) is 9.48. The molecule has 1 aromatic rings. The van der Waals surface area contributed by atoms with Crippen LogP contribution in [0.1, 0.15) is 30.7 Å². The van der Waals surface area contributed by atoms with Crippen molar-refractivity contribution in [3.05, 3.63) is 11.4 Å². The Hall–Kier alpha value is -0.920. The van der Waals surface area contributed by atoms with Crippen molar-refractivity contribution >= 4 is 10.0 Å². The first-order valence-corrected chi connectivity index (χ1v) is 8.61. The third kappa shape index (κ3) is 2.89. The fourth-order valence-corrected chi connectivity index (χ4v) is 4.62. The molecule has 1 fully saturated rings. The van der Waals surface area contributed by atoms with Gasteiger partial charge in [0.05, 0.1) is 11.4 Å². The molecular formula is C13H24N4O2S. The highest BCUT2D eigenvalue weighted by Crippen LogP contribution is 2.26. The van der Waals surface area contributed by atoms with Crippen molar-refractivity contribution < 1.29 is 8.42 Å². The van der Waals surface area contributed by atoms with E-state index in [9.17, 15) is 8.42 Å². The molecule has 0 aromatic carbocycles. The second kappa shape index (κ2) is 6.24. The van der Waals surface area contributed by atoms with Gasteiger partial charge in [0, 0.05) is 19.6 Å². The number of hydrogen-bond donors (Lipinski definition) is 1. The van der Waals surface area contributed by atoms with Crippen LogP contribution in [0.15, 0.2) is 4.90 Å². The third-order valence-electron chi connectivity index (χ3n) is 3.77. The van der Waals surface area contributed by atoms with E-state index in [4.69, 9.17) is 0 Å². The Morgan fingerprint density at radius 1 is 1.25 bits per heavy atom. The highest BCUT2D eigenvalue weighted by Gasteiger charge is 2.32. The van der Waals surface area contributed by atoms with Gasteiger partial charge in [-0.25, -0.2) is 8.42 Å². The van der Waals surface area contributed by atoms with Gasteiger partial charge < -0.3 is 5.32 Å². The minimum absolute atomic E-state index is 0.406. The molecule has 2 rings (SSSR count). The molecule has 0 atom stereocenters. The SMILES string of the molecule is CNCCCn1nc(C)c(S(=O)(=O)N2CCCC2)c1C. The Morgan fingerprint density at radius 3 is 2.50 bits per heavy atom. The van der Waals surface area contributed by atoms with E-state index < -0.39 is 10.0 Å². The normalized spacial score (nSPS) is 16.9. The molecule has 7 heteroatoms. The van der Waals surface area contributed by atoms with Crippen molar-refractivity contribution in [2.24, 2.45) is 0 Å². The Morgan fingerprint density at radius 2 is 1.90 bits per heavy atom. The lowest BCUT2D eigenvalue weighted by Crippen LogP contribution is -2.28. The molecular weight excluding hydrogens is 276 g/mol. The number of aromatic nitrogens is 2. The average Bonchev–Trinajstić information content (AvgIpc) is 2.99. The molecule has 1 N–H and O–H groups in total. The van der Waals surface area contributed by atoms with Crippen molar-refractivity contribution in [1.82, 2.24) is 19.4 Å². The summed E-state index contributed by atoms with van der Waals surface area (Å²) in [5, 5.41) is 7.49. The van der Waals surface area contributed by atoms with Crippen molar-refractivity contribution in [3.63, 3.8) is 0 Å². The zero-order valence-corrected chi connectivity index (χ0v) is 13.3. The minimum Gasteiger partial charge on any atom is -0.320 e.